The lowest BCUT2D eigenvalue weighted by molar-refractivity contribution is -0.122. The smallest absolute Gasteiger partial charge is 0.319 e. The quantitative estimate of drug-likeness (QED) is 0.640. The summed E-state index contributed by atoms with van der Waals surface area (Å²) in [4.78, 5) is 23.8. The zero-order chi connectivity index (χ0) is 18.9. The third kappa shape index (κ3) is 5.82. The van der Waals surface area contributed by atoms with Gasteiger partial charge in [0.15, 0.2) is 6.10 Å². The van der Waals surface area contributed by atoms with Crippen LogP contribution in [-0.4, -0.2) is 24.6 Å². The second kappa shape index (κ2) is 9.48. The van der Waals surface area contributed by atoms with E-state index in [2.05, 4.69) is 22.5 Å². The fraction of sp³-hybridized carbons (Fsp3) is 0.158. The summed E-state index contributed by atoms with van der Waals surface area (Å²) in [7, 11) is 0. The van der Waals surface area contributed by atoms with Crippen molar-refractivity contribution in [2.75, 3.05) is 17.2 Å². The van der Waals surface area contributed by atoms with Crippen LogP contribution in [0.25, 0.3) is 0 Å². The lowest BCUT2D eigenvalue weighted by Gasteiger charge is -2.15. The molecular formula is C19H20ClN3O3. The van der Waals surface area contributed by atoms with Crippen molar-refractivity contribution in [3.05, 3.63) is 66.2 Å². The number of nitrogens with one attached hydrogen (secondary N) is 3. The largest absolute Gasteiger partial charge is 0.479 e. The van der Waals surface area contributed by atoms with Crippen molar-refractivity contribution < 1.29 is 14.3 Å². The molecule has 0 aliphatic heterocycles. The molecule has 0 heterocycles. The Bertz CT molecular complexity index is 778. The molecule has 2 aromatic carbocycles. The van der Waals surface area contributed by atoms with E-state index in [1.807, 2.05) is 0 Å². The molecule has 0 bridgehead atoms. The summed E-state index contributed by atoms with van der Waals surface area (Å²) in [6.07, 6.45) is 0.863. The Morgan fingerprint density at radius 2 is 1.73 bits per heavy atom. The molecule has 2 rings (SSSR count). The zero-order valence-corrected chi connectivity index (χ0v) is 15.0. The molecule has 0 spiro atoms. The second-order valence-electron chi connectivity index (χ2n) is 5.38. The normalized spacial score (nSPS) is 11.2. The summed E-state index contributed by atoms with van der Waals surface area (Å²) >= 11 is 6.02. The Hall–Kier alpha value is -2.99. The van der Waals surface area contributed by atoms with Crippen LogP contribution in [0.1, 0.15) is 6.92 Å². The minimum atomic E-state index is -0.725. The number of anilines is 2. The molecule has 136 valence electrons. The van der Waals surface area contributed by atoms with Crippen LogP contribution in [0.3, 0.4) is 0 Å². The highest BCUT2D eigenvalue weighted by molar-refractivity contribution is 6.32. The predicted octanol–water partition coefficient (Wildman–Crippen LogP) is 4.05. The van der Waals surface area contributed by atoms with E-state index in [1.165, 1.54) is 0 Å². The number of hydrogen-bond donors (Lipinski definition) is 3. The fourth-order valence-corrected chi connectivity index (χ4v) is 2.19. The fourth-order valence-electron chi connectivity index (χ4n) is 2.01. The van der Waals surface area contributed by atoms with E-state index >= 15 is 0 Å². The standard InChI is InChI=1S/C19H20ClN3O3/c1-3-12-21-19(25)23-15-10-8-14(9-11-15)22-18(24)13(2)26-17-7-5-4-6-16(17)20/h3-11,13H,1,12H2,2H3,(H,22,24)(H2,21,23,25). The predicted molar refractivity (Wildman–Crippen MR) is 104 cm³/mol. The van der Waals surface area contributed by atoms with E-state index in [0.717, 1.165) is 0 Å². The molecule has 0 radical (unpaired) electrons. The number of carbonyl (C=O) groups excluding carboxylic acids is 2. The molecule has 0 saturated heterocycles. The van der Waals surface area contributed by atoms with Crippen molar-refractivity contribution in [2.24, 2.45) is 0 Å². The maximum absolute atomic E-state index is 12.2. The number of hydrogen-bond acceptors (Lipinski definition) is 3. The minimum absolute atomic E-state index is 0.311. The van der Waals surface area contributed by atoms with Gasteiger partial charge in [0.25, 0.3) is 5.91 Å². The van der Waals surface area contributed by atoms with Gasteiger partial charge >= 0.3 is 6.03 Å². The van der Waals surface area contributed by atoms with Crippen LogP contribution in [0.4, 0.5) is 16.2 Å². The number of carbonyl (C=O) groups is 2. The Labute approximate surface area is 157 Å². The van der Waals surface area contributed by atoms with Gasteiger partial charge in [-0.2, -0.15) is 0 Å². The topological polar surface area (TPSA) is 79.5 Å². The number of rotatable bonds is 7. The van der Waals surface area contributed by atoms with Crippen LogP contribution in [0, 0.1) is 0 Å². The molecule has 0 fully saturated rings. The highest BCUT2D eigenvalue weighted by Crippen LogP contribution is 2.24. The summed E-state index contributed by atoms with van der Waals surface area (Å²) in [5.41, 5.74) is 1.19. The molecule has 6 nitrogen and oxygen atoms in total. The van der Waals surface area contributed by atoms with Gasteiger partial charge in [0.1, 0.15) is 5.75 Å². The summed E-state index contributed by atoms with van der Waals surface area (Å²) in [5.74, 6) is 0.135. The molecule has 2 aromatic rings. The number of benzene rings is 2. The summed E-state index contributed by atoms with van der Waals surface area (Å²) in [5, 5.41) is 8.46. The first-order valence-corrected chi connectivity index (χ1v) is 8.35. The van der Waals surface area contributed by atoms with E-state index in [0.29, 0.717) is 28.7 Å². The van der Waals surface area contributed by atoms with Gasteiger partial charge in [-0.15, -0.1) is 6.58 Å². The van der Waals surface area contributed by atoms with Crippen LogP contribution < -0.4 is 20.7 Å². The van der Waals surface area contributed by atoms with Crippen molar-refractivity contribution in [1.82, 2.24) is 5.32 Å². The molecule has 0 saturated carbocycles. The SMILES string of the molecule is C=CCNC(=O)Nc1ccc(NC(=O)C(C)Oc2ccccc2Cl)cc1. The van der Waals surface area contributed by atoms with Crippen molar-refractivity contribution in [3.63, 3.8) is 0 Å². The van der Waals surface area contributed by atoms with E-state index in [4.69, 9.17) is 16.3 Å². The number of para-hydroxylation sites is 1. The molecule has 0 aromatic heterocycles. The number of amides is 3. The maximum atomic E-state index is 12.2. The third-order valence-electron chi connectivity index (χ3n) is 3.33. The van der Waals surface area contributed by atoms with Gasteiger partial charge in [0.05, 0.1) is 5.02 Å². The molecule has 7 heteroatoms. The van der Waals surface area contributed by atoms with Gasteiger partial charge in [-0.1, -0.05) is 29.8 Å². The maximum Gasteiger partial charge on any atom is 0.319 e. The monoisotopic (exact) mass is 373 g/mol. The molecule has 0 aliphatic carbocycles. The van der Waals surface area contributed by atoms with Crippen LogP contribution in [-0.2, 0) is 4.79 Å². The van der Waals surface area contributed by atoms with Gasteiger partial charge in [0, 0.05) is 17.9 Å². The van der Waals surface area contributed by atoms with Gasteiger partial charge in [-0.25, -0.2) is 4.79 Å². The molecule has 0 aliphatic rings. The van der Waals surface area contributed by atoms with Crippen LogP contribution in [0.2, 0.25) is 5.02 Å². The van der Waals surface area contributed by atoms with Gasteiger partial charge in [0.2, 0.25) is 0 Å². The van der Waals surface area contributed by atoms with Gasteiger partial charge < -0.3 is 20.7 Å². The molecular weight excluding hydrogens is 354 g/mol. The Morgan fingerprint density at radius 3 is 2.35 bits per heavy atom. The number of ether oxygens (including phenoxy) is 1. The Morgan fingerprint density at radius 1 is 1.12 bits per heavy atom. The van der Waals surface area contributed by atoms with Crippen molar-refractivity contribution in [3.8, 4) is 5.75 Å². The van der Waals surface area contributed by atoms with E-state index in [9.17, 15) is 9.59 Å². The summed E-state index contributed by atoms with van der Waals surface area (Å²) in [6.45, 7) is 5.54. The zero-order valence-electron chi connectivity index (χ0n) is 14.3. The van der Waals surface area contributed by atoms with Crippen LogP contribution >= 0.6 is 11.6 Å². The molecule has 1 unspecified atom stereocenters. The highest BCUT2D eigenvalue weighted by atomic mass is 35.5. The molecule has 1 atom stereocenters. The Kier molecular flexibility index (Phi) is 7.05. The first-order valence-electron chi connectivity index (χ1n) is 7.97. The number of urea groups is 1. The number of halogens is 1. The highest BCUT2D eigenvalue weighted by Gasteiger charge is 2.16. The van der Waals surface area contributed by atoms with E-state index in [1.54, 1.807) is 61.5 Å². The van der Waals surface area contributed by atoms with Crippen LogP contribution in [0.15, 0.2) is 61.2 Å². The lowest BCUT2D eigenvalue weighted by atomic mass is 10.2. The average Bonchev–Trinajstić information content (AvgIpc) is 2.63. The van der Waals surface area contributed by atoms with Crippen molar-refractivity contribution in [2.45, 2.75) is 13.0 Å². The van der Waals surface area contributed by atoms with Gasteiger partial charge in [-0.05, 0) is 43.3 Å². The average molecular weight is 374 g/mol. The van der Waals surface area contributed by atoms with Crippen molar-refractivity contribution >= 4 is 34.9 Å². The van der Waals surface area contributed by atoms with Crippen LogP contribution in [0.5, 0.6) is 5.75 Å². The second-order valence-corrected chi connectivity index (χ2v) is 5.79. The van der Waals surface area contributed by atoms with Gasteiger partial charge in [-0.3, -0.25) is 4.79 Å². The lowest BCUT2D eigenvalue weighted by Crippen LogP contribution is -2.30. The van der Waals surface area contributed by atoms with E-state index in [-0.39, 0.29) is 11.9 Å². The van der Waals surface area contributed by atoms with Crippen molar-refractivity contribution in [1.29, 1.82) is 0 Å². The Balaban J connectivity index is 1.89. The molecule has 3 amide bonds. The third-order valence-corrected chi connectivity index (χ3v) is 3.64. The molecule has 3 N–H and O–H groups in total. The first-order chi connectivity index (χ1) is 12.5. The first kappa shape index (κ1) is 19.3. The minimum Gasteiger partial charge on any atom is -0.479 e. The molecule has 26 heavy (non-hydrogen) atoms. The summed E-state index contributed by atoms with van der Waals surface area (Å²) < 4.78 is 5.58. The summed E-state index contributed by atoms with van der Waals surface area (Å²) in [6, 6.07) is 13.4. The van der Waals surface area contributed by atoms with E-state index < -0.39 is 6.10 Å².